The van der Waals surface area contributed by atoms with Crippen LogP contribution < -0.4 is 4.74 Å². The number of rotatable bonds is 6. The van der Waals surface area contributed by atoms with Crippen LogP contribution in [-0.2, 0) is 18.3 Å². The molecule has 0 unspecified atom stereocenters. The molecule has 1 aliphatic rings. The van der Waals surface area contributed by atoms with Gasteiger partial charge in [0.25, 0.3) is 0 Å². The summed E-state index contributed by atoms with van der Waals surface area (Å²) in [5, 5.41) is 14.8. The van der Waals surface area contributed by atoms with Crippen LogP contribution in [0.25, 0.3) is 0 Å². The second-order valence-corrected chi connectivity index (χ2v) is 6.92. The Morgan fingerprint density at radius 3 is 3.00 bits per heavy atom. The minimum absolute atomic E-state index is 0.0651. The molecular formula is C19H25N3O3. The van der Waals surface area contributed by atoms with Crippen LogP contribution >= 0.6 is 0 Å². The van der Waals surface area contributed by atoms with Crippen LogP contribution in [0.3, 0.4) is 0 Å². The molecule has 3 rings (SSSR count). The Morgan fingerprint density at radius 2 is 2.28 bits per heavy atom. The maximum atomic E-state index is 12.4. The Balaban J connectivity index is 1.48. The van der Waals surface area contributed by atoms with Gasteiger partial charge in [0.1, 0.15) is 18.0 Å². The van der Waals surface area contributed by atoms with E-state index < -0.39 is 5.60 Å². The van der Waals surface area contributed by atoms with Gasteiger partial charge in [-0.2, -0.15) is 5.10 Å². The zero-order valence-corrected chi connectivity index (χ0v) is 14.8. The Labute approximate surface area is 148 Å². The first-order valence-corrected chi connectivity index (χ1v) is 8.61. The number of nitrogens with zero attached hydrogens (tertiary/aromatic N) is 3. The van der Waals surface area contributed by atoms with Crippen molar-refractivity contribution in [2.75, 3.05) is 19.7 Å². The van der Waals surface area contributed by atoms with Crippen molar-refractivity contribution in [2.24, 2.45) is 7.05 Å². The molecule has 134 valence electrons. The third-order valence-corrected chi connectivity index (χ3v) is 4.57. The minimum atomic E-state index is -0.978. The molecule has 1 aliphatic heterocycles. The highest BCUT2D eigenvalue weighted by molar-refractivity contribution is 5.76. The standard InChI is InChI=1S/C19H25N3O3/c1-15-4-3-5-17(10-15)25-14-19(24)8-9-22(13-19)18(23)7-6-16-11-20-21(2)12-16/h3-5,10-12,24H,6-9,13-14H2,1-2H3/t19-/m1/s1. The van der Waals surface area contributed by atoms with Crippen molar-refractivity contribution < 1.29 is 14.6 Å². The highest BCUT2D eigenvalue weighted by Gasteiger charge is 2.38. The molecule has 1 amide bonds. The van der Waals surface area contributed by atoms with Gasteiger partial charge in [-0.3, -0.25) is 9.48 Å². The molecule has 1 fully saturated rings. The molecule has 1 N–H and O–H groups in total. The normalized spacial score (nSPS) is 20.0. The fourth-order valence-electron chi connectivity index (χ4n) is 3.12. The van der Waals surface area contributed by atoms with Crippen molar-refractivity contribution in [3.63, 3.8) is 0 Å². The lowest BCUT2D eigenvalue weighted by Crippen LogP contribution is -2.40. The maximum Gasteiger partial charge on any atom is 0.223 e. The van der Waals surface area contributed by atoms with Crippen LogP contribution in [0.2, 0.25) is 0 Å². The Kier molecular flexibility index (Phi) is 5.08. The maximum absolute atomic E-state index is 12.4. The van der Waals surface area contributed by atoms with Crippen molar-refractivity contribution in [1.82, 2.24) is 14.7 Å². The second kappa shape index (κ2) is 7.27. The minimum Gasteiger partial charge on any atom is -0.491 e. The summed E-state index contributed by atoms with van der Waals surface area (Å²) < 4.78 is 7.47. The molecule has 0 saturated carbocycles. The van der Waals surface area contributed by atoms with E-state index in [9.17, 15) is 9.90 Å². The topological polar surface area (TPSA) is 67.6 Å². The number of aliphatic hydroxyl groups is 1. The first kappa shape index (κ1) is 17.5. The van der Waals surface area contributed by atoms with Crippen LogP contribution in [0.15, 0.2) is 36.7 Å². The van der Waals surface area contributed by atoms with Gasteiger partial charge in [0, 0.05) is 26.2 Å². The average molecular weight is 343 g/mol. The molecule has 0 radical (unpaired) electrons. The van der Waals surface area contributed by atoms with E-state index in [4.69, 9.17) is 4.74 Å². The lowest BCUT2D eigenvalue weighted by Gasteiger charge is -2.23. The average Bonchev–Trinajstić information content (AvgIpc) is 3.18. The van der Waals surface area contributed by atoms with Crippen LogP contribution in [0.5, 0.6) is 5.75 Å². The van der Waals surface area contributed by atoms with Gasteiger partial charge in [0.05, 0.1) is 12.7 Å². The van der Waals surface area contributed by atoms with E-state index in [1.54, 1.807) is 15.8 Å². The molecule has 25 heavy (non-hydrogen) atoms. The van der Waals surface area contributed by atoms with Crippen molar-refractivity contribution in [1.29, 1.82) is 0 Å². The first-order valence-electron chi connectivity index (χ1n) is 8.61. The molecule has 1 saturated heterocycles. The zero-order chi connectivity index (χ0) is 17.9. The lowest BCUT2D eigenvalue weighted by atomic mass is 10.1. The summed E-state index contributed by atoms with van der Waals surface area (Å²) in [7, 11) is 1.86. The molecule has 1 atom stereocenters. The van der Waals surface area contributed by atoms with E-state index in [-0.39, 0.29) is 12.5 Å². The Morgan fingerprint density at radius 1 is 1.44 bits per heavy atom. The van der Waals surface area contributed by atoms with Gasteiger partial charge in [-0.15, -0.1) is 0 Å². The van der Waals surface area contributed by atoms with Crippen molar-refractivity contribution in [3.05, 3.63) is 47.8 Å². The highest BCUT2D eigenvalue weighted by atomic mass is 16.5. The predicted molar refractivity (Wildman–Crippen MR) is 94.3 cm³/mol. The molecular weight excluding hydrogens is 318 g/mol. The van der Waals surface area contributed by atoms with Gasteiger partial charge in [-0.1, -0.05) is 12.1 Å². The zero-order valence-electron chi connectivity index (χ0n) is 14.8. The van der Waals surface area contributed by atoms with E-state index in [2.05, 4.69) is 5.10 Å². The van der Waals surface area contributed by atoms with Crippen molar-refractivity contribution in [3.8, 4) is 5.75 Å². The van der Waals surface area contributed by atoms with Gasteiger partial charge in [-0.25, -0.2) is 0 Å². The molecule has 1 aromatic carbocycles. The van der Waals surface area contributed by atoms with Gasteiger partial charge < -0.3 is 14.7 Å². The number of benzene rings is 1. The van der Waals surface area contributed by atoms with Gasteiger partial charge in [0.2, 0.25) is 5.91 Å². The molecule has 0 spiro atoms. The Bertz CT molecular complexity index is 743. The number of carbonyl (C=O) groups excluding carboxylic acids is 1. The van der Waals surface area contributed by atoms with Crippen LogP contribution in [0.1, 0.15) is 24.0 Å². The van der Waals surface area contributed by atoms with Gasteiger partial charge in [0.15, 0.2) is 0 Å². The molecule has 0 bridgehead atoms. The van der Waals surface area contributed by atoms with Crippen LogP contribution in [0, 0.1) is 6.92 Å². The van der Waals surface area contributed by atoms with Gasteiger partial charge in [-0.05, 0) is 43.0 Å². The number of carbonyl (C=O) groups is 1. The summed E-state index contributed by atoms with van der Waals surface area (Å²) in [5.74, 6) is 0.810. The molecule has 2 aromatic rings. The monoisotopic (exact) mass is 343 g/mol. The smallest absolute Gasteiger partial charge is 0.223 e. The molecule has 6 nitrogen and oxygen atoms in total. The largest absolute Gasteiger partial charge is 0.491 e. The molecule has 0 aliphatic carbocycles. The SMILES string of the molecule is Cc1cccc(OC[C@@]2(O)CCN(C(=O)CCc3cnn(C)c3)C2)c1. The van der Waals surface area contributed by atoms with Crippen LogP contribution in [0.4, 0.5) is 0 Å². The second-order valence-electron chi connectivity index (χ2n) is 6.92. The van der Waals surface area contributed by atoms with E-state index in [1.165, 1.54) is 0 Å². The molecule has 6 heteroatoms. The fraction of sp³-hybridized carbons (Fsp3) is 0.474. The summed E-state index contributed by atoms with van der Waals surface area (Å²) in [6.45, 7) is 3.09. The number of aromatic nitrogens is 2. The van der Waals surface area contributed by atoms with Crippen LogP contribution in [-0.4, -0.2) is 51.0 Å². The van der Waals surface area contributed by atoms with E-state index in [0.29, 0.717) is 32.4 Å². The molecule has 2 heterocycles. The fourth-order valence-corrected chi connectivity index (χ4v) is 3.12. The third-order valence-electron chi connectivity index (χ3n) is 4.57. The van der Waals surface area contributed by atoms with Gasteiger partial charge >= 0.3 is 0 Å². The summed E-state index contributed by atoms with van der Waals surface area (Å²) >= 11 is 0. The van der Waals surface area contributed by atoms with E-state index in [0.717, 1.165) is 16.9 Å². The highest BCUT2D eigenvalue weighted by Crippen LogP contribution is 2.24. The lowest BCUT2D eigenvalue weighted by molar-refractivity contribution is -0.131. The number of β-amino-alcohol motifs (C(OH)–C–C–N with tert-alkyl or cyclic N) is 1. The quantitative estimate of drug-likeness (QED) is 0.867. The number of hydrogen-bond donors (Lipinski definition) is 1. The predicted octanol–water partition coefficient (Wildman–Crippen LogP) is 1.70. The summed E-state index contributed by atoms with van der Waals surface area (Å²) in [6.07, 6.45) is 5.34. The first-order chi connectivity index (χ1) is 11.9. The number of amides is 1. The van der Waals surface area contributed by atoms with E-state index >= 15 is 0 Å². The summed E-state index contributed by atoms with van der Waals surface area (Å²) in [5.41, 5.74) is 1.18. The van der Waals surface area contributed by atoms with Crippen molar-refractivity contribution in [2.45, 2.75) is 31.8 Å². The summed E-state index contributed by atoms with van der Waals surface area (Å²) in [6, 6.07) is 7.74. The number of ether oxygens (including phenoxy) is 1. The number of aryl methyl sites for hydroxylation is 3. The summed E-state index contributed by atoms with van der Waals surface area (Å²) in [4.78, 5) is 14.1. The molecule has 1 aromatic heterocycles. The van der Waals surface area contributed by atoms with Crippen molar-refractivity contribution >= 4 is 5.91 Å². The Hall–Kier alpha value is -2.34. The number of hydrogen-bond acceptors (Lipinski definition) is 4. The van der Waals surface area contributed by atoms with E-state index in [1.807, 2.05) is 44.4 Å². The third kappa shape index (κ3) is 4.60. The number of likely N-dealkylation sites (tertiary alicyclic amines) is 1.